The normalized spacial score (nSPS) is 10.8. The van der Waals surface area contributed by atoms with Crippen molar-refractivity contribution in [1.29, 1.82) is 0 Å². The Morgan fingerprint density at radius 3 is 2.78 bits per heavy atom. The number of benzene rings is 1. The Hall–Kier alpha value is -1.90. The molecule has 0 unspecified atom stereocenters. The molecule has 1 aromatic heterocycles. The number of hydrogen-bond donors (Lipinski definition) is 0. The van der Waals surface area contributed by atoms with Crippen LogP contribution in [0.15, 0.2) is 36.4 Å². The number of ketones is 1. The minimum atomic E-state index is 0.0580. The van der Waals surface area contributed by atoms with Gasteiger partial charge in [-0.25, -0.2) is 4.98 Å². The number of fused-ring (bicyclic) bond motifs is 1. The molecule has 0 atom stereocenters. The molecule has 0 fully saturated rings. The van der Waals surface area contributed by atoms with Crippen LogP contribution >= 0.6 is 0 Å². The first kappa shape index (κ1) is 12.6. The van der Waals surface area contributed by atoms with Gasteiger partial charge in [0.05, 0.1) is 17.5 Å². The lowest BCUT2D eigenvalue weighted by atomic mass is 10.1. The summed E-state index contributed by atoms with van der Waals surface area (Å²) in [6, 6.07) is 8.00. The van der Waals surface area contributed by atoms with E-state index >= 15 is 0 Å². The predicted molar refractivity (Wildman–Crippen MR) is 73.5 cm³/mol. The molecule has 0 N–H and O–H groups in total. The third-order valence-electron chi connectivity index (χ3n) is 2.98. The Morgan fingerprint density at radius 2 is 2.11 bits per heavy atom. The van der Waals surface area contributed by atoms with Gasteiger partial charge in [-0.2, -0.15) is 0 Å². The number of para-hydroxylation sites is 2. The van der Waals surface area contributed by atoms with E-state index in [9.17, 15) is 4.79 Å². The zero-order valence-corrected chi connectivity index (χ0v) is 10.9. The molecular weight excluding hydrogens is 224 g/mol. The zero-order valence-electron chi connectivity index (χ0n) is 10.9. The van der Waals surface area contributed by atoms with Crippen molar-refractivity contribution in [1.82, 2.24) is 9.55 Å². The molecule has 1 heterocycles. The van der Waals surface area contributed by atoms with Crippen molar-refractivity contribution in [3.8, 4) is 0 Å². The van der Waals surface area contributed by atoms with Gasteiger partial charge in [-0.3, -0.25) is 4.79 Å². The highest BCUT2D eigenvalue weighted by Crippen LogP contribution is 2.17. The molecule has 0 saturated carbocycles. The summed E-state index contributed by atoms with van der Waals surface area (Å²) in [5.74, 6) is 0.897. The quantitative estimate of drug-likeness (QED) is 0.755. The Bertz CT molecular complexity index is 596. The van der Waals surface area contributed by atoms with Gasteiger partial charge >= 0.3 is 0 Å². The third-order valence-corrected chi connectivity index (χ3v) is 2.98. The maximum atomic E-state index is 11.8. The van der Waals surface area contributed by atoms with Gasteiger partial charge in [0.1, 0.15) is 5.82 Å². The molecule has 0 aliphatic rings. The van der Waals surface area contributed by atoms with E-state index in [0.717, 1.165) is 29.8 Å². The van der Waals surface area contributed by atoms with Crippen molar-refractivity contribution in [2.75, 3.05) is 0 Å². The molecule has 0 radical (unpaired) electrons. The summed E-state index contributed by atoms with van der Waals surface area (Å²) in [6.45, 7) is 8.45. The Morgan fingerprint density at radius 1 is 1.39 bits per heavy atom. The van der Waals surface area contributed by atoms with E-state index in [0.29, 0.717) is 12.0 Å². The summed E-state index contributed by atoms with van der Waals surface area (Å²) in [6.07, 6.45) is 1.36. The number of carbonyl (C=O) groups excluding carboxylic acids is 1. The van der Waals surface area contributed by atoms with Crippen molar-refractivity contribution in [3.05, 3.63) is 42.2 Å². The van der Waals surface area contributed by atoms with E-state index < -0.39 is 0 Å². The lowest BCUT2D eigenvalue weighted by Gasteiger charge is -2.07. The molecule has 0 bridgehead atoms. The highest BCUT2D eigenvalue weighted by molar-refractivity contribution is 5.95. The number of aryl methyl sites for hydroxylation is 1. The second-order valence-electron chi connectivity index (χ2n) is 4.55. The average Bonchev–Trinajstić information content (AvgIpc) is 2.68. The van der Waals surface area contributed by atoms with Gasteiger partial charge < -0.3 is 4.57 Å². The molecule has 0 aliphatic carbocycles. The van der Waals surface area contributed by atoms with E-state index in [4.69, 9.17) is 0 Å². The molecule has 2 rings (SSSR count). The van der Waals surface area contributed by atoms with Crippen LogP contribution < -0.4 is 0 Å². The molecule has 94 valence electrons. The lowest BCUT2D eigenvalue weighted by Crippen LogP contribution is -2.10. The number of nitrogens with zero attached hydrogens (tertiary/aromatic N) is 2. The summed E-state index contributed by atoms with van der Waals surface area (Å²) in [5.41, 5.74) is 2.64. The lowest BCUT2D eigenvalue weighted by molar-refractivity contribution is -0.115. The van der Waals surface area contributed by atoms with Crippen LogP contribution in [0.4, 0.5) is 0 Å². The maximum absolute atomic E-state index is 11.8. The molecule has 3 heteroatoms. The molecule has 1 aromatic carbocycles. The van der Waals surface area contributed by atoms with E-state index in [1.54, 1.807) is 6.92 Å². The van der Waals surface area contributed by atoms with Crippen LogP contribution in [0.25, 0.3) is 11.0 Å². The Balaban J connectivity index is 2.45. The second kappa shape index (κ2) is 5.17. The van der Waals surface area contributed by atoms with E-state index in [1.807, 2.05) is 24.3 Å². The highest BCUT2D eigenvalue weighted by atomic mass is 16.1. The minimum Gasteiger partial charge on any atom is -0.328 e. The van der Waals surface area contributed by atoms with Gasteiger partial charge in [0.2, 0.25) is 0 Å². The number of Topliss-reactive ketones (excluding diaryl/α,β-unsaturated/α-hetero) is 1. The summed E-state index contributed by atoms with van der Waals surface area (Å²) in [4.78, 5) is 16.3. The summed E-state index contributed by atoms with van der Waals surface area (Å²) in [7, 11) is 0. The van der Waals surface area contributed by atoms with Crippen molar-refractivity contribution in [3.63, 3.8) is 0 Å². The fraction of sp³-hybridized carbons (Fsp3) is 0.333. The smallest absolute Gasteiger partial charge is 0.165 e. The molecule has 0 spiro atoms. The molecule has 2 aromatic rings. The van der Waals surface area contributed by atoms with Gasteiger partial charge in [-0.05, 0) is 31.1 Å². The second-order valence-corrected chi connectivity index (χ2v) is 4.55. The van der Waals surface area contributed by atoms with Crippen LogP contribution in [0.2, 0.25) is 0 Å². The SMILES string of the molecule is C=C(C)C(=O)Cc1nc2ccccc2n1CCC. The van der Waals surface area contributed by atoms with Crippen molar-refractivity contribution < 1.29 is 4.79 Å². The first-order valence-corrected chi connectivity index (χ1v) is 6.26. The van der Waals surface area contributed by atoms with Crippen LogP contribution in [0.5, 0.6) is 0 Å². The molecule has 18 heavy (non-hydrogen) atoms. The average molecular weight is 242 g/mol. The predicted octanol–water partition coefficient (Wildman–Crippen LogP) is 3.13. The molecule has 3 nitrogen and oxygen atoms in total. The zero-order chi connectivity index (χ0) is 13.1. The van der Waals surface area contributed by atoms with Crippen LogP contribution in [-0.4, -0.2) is 15.3 Å². The summed E-state index contributed by atoms with van der Waals surface area (Å²) < 4.78 is 2.14. The number of hydrogen-bond acceptors (Lipinski definition) is 2. The van der Waals surface area contributed by atoms with Crippen molar-refractivity contribution in [2.45, 2.75) is 33.2 Å². The van der Waals surface area contributed by atoms with E-state index in [-0.39, 0.29) is 5.78 Å². The maximum Gasteiger partial charge on any atom is 0.165 e. The number of carbonyl (C=O) groups is 1. The number of allylic oxidation sites excluding steroid dienone is 1. The van der Waals surface area contributed by atoms with Crippen molar-refractivity contribution >= 4 is 16.8 Å². The molecule has 0 amide bonds. The minimum absolute atomic E-state index is 0.0580. The summed E-state index contributed by atoms with van der Waals surface area (Å²) in [5, 5.41) is 0. The highest BCUT2D eigenvalue weighted by Gasteiger charge is 2.13. The number of imidazole rings is 1. The first-order valence-electron chi connectivity index (χ1n) is 6.26. The van der Waals surface area contributed by atoms with E-state index in [1.165, 1.54) is 0 Å². The molecule has 0 aliphatic heterocycles. The topological polar surface area (TPSA) is 34.9 Å². The van der Waals surface area contributed by atoms with Gasteiger partial charge in [0.25, 0.3) is 0 Å². The van der Waals surface area contributed by atoms with E-state index in [2.05, 4.69) is 23.1 Å². The number of aromatic nitrogens is 2. The first-order chi connectivity index (χ1) is 8.63. The van der Waals surface area contributed by atoms with Gasteiger partial charge in [0.15, 0.2) is 5.78 Å². The Labute approximate surface area is 107 Å². The monoisotopic (exact) mass is 242 g/mol. The Kier molecular flexibility index (Phi) is 3.60. The molecule has 0 saturated heterocycles. The standard InChI is InChI=1S/C15H18N2O/c1-4-9-17-13-8-6-5-7-12(13)16-15(17)10-14(18)11(2)3/h5-8H,2,4,9-10H2,1,3H3. The van der Waals surface area contributed by atoms with Crippen LogP contribution in [0.3, 0.4) is 0 Å². The van der Waals surface area contributed by atoms with Gasteiger partial charge in [-0.15, -0.1) is 0 Å². The van der Waals surface area contributed by atoms with Crippen molar-refractivity contribution in [2.24, 2.45) is 0 Å². The van der Waals surface area contributed by atoms with Crippen LogP contribution in [0, 0.1) is 0 Å². The number of rotatable bonds is 5. The largest absolute Gasteiger partial charge is 0.328 e. The van der Waals surface area contributed by atoms with Gasteiger partial charge in [0, 0.05) is 6.54 Å². The fourth-order valence-corrected chi connectivity index (χ4v) is 2.03. The molecular formula is C15H18N2O. The third kappa shape index (κ3) is 2.35. The summed E-state index contributed by atoms with van der Waals surface area (Å²) >= 11 is 0. The van der Waals surface area contributed by atoms with Crippen LogP contribution in [-0.2, 0) is 17.8 Å². The van der Waals surface area contributed by atoms with Crippen LogP contribution in [0.1, 0.15) is 26.1 Å². The van der Waals surface area contributed by atoms with Gasteiger partial charge in [-0.1, -0.05) is 25.6 Å². The fourth-order valence-electron chi connectivity index (χ4n) is 2.03.